The number of allylic oxidation sites excluding steroid dienone is 9. The number of nitrogens with one attached hydrogen (secondary N) is 1. The van der Waals surface area contributed by atoms with Crippen molar-refractivity contribution in [2.75, 3.05) is 13.2 Å². The van der Waals surface area contributed by atoms with E-state index in [9.17, 15) is 35.1 Å². The minimum Gasteiger partial charge on any atom is -0.454 e. The smallest absolute Gasteiger partial charge is 0.306 e. The standard InChI is InChI=1S/C79H145NO10/c1-4-7-10-13-16-19-22-25-27-29-31-33-35-36-37-39-40-42-44-46-48-51-54-57-60-63-66-72(83)78(87)80-70(71(82)65-62-59-56-53-50-24-21-18-15-12-9-6-3)69-88-79-77(76(86)75(85)73(68-81)89-79)90-74(84)67-64-61-58-55-52-49-47-45-43-41-38-34-32-30-28-26-23-20-17-14-11-8-5-2/h17,20,26,28,32,34,41,43,62,65,70-73,75-77,79,81-83,85-86H,4-16,18-19,21-25,27,29-31,33,35-40,42,44-61,63-64,66-69H2,1-3H3,(H,80,87)/b20-17-,28-26-,34-32-,43-41-,65-62+. The Labute approximate surface area is 554 Å². The van der Waals surface area contributed by atoms with Crippen molar-refractivity contribution in [1.29, 1.82) is 0 Å². The van der Waals surface area contributed by atoms with Crippen molar-refractivity contribution in [3.63, 3.8) is 0 Å². The molecule has 0 aromatic rings. The Kier molecular flexibility index (Phi) is 63.0. The van der Waals surface area contributed by atoms with Crippen LogP contribution < -0.4 is 5.32 Å². The first kappa shape index (κ1) is 85.4. The number of carbonyl (C=O) groups is 2. The molecule has 0 spiro atoms. The first-order valence-corrected chi connectivity index (χ1v) is 38.6. The van der Waals surface area contributed by atoms with Crippen LogP contribution in [0.2, 0.25) is 0 Å². The minimum atomic E-state index is -1.62. The van der Waals surface area contributed by atoms with Gasteiger partial charge in [0.05, 0.1) is 25.4 Å². The van der Waals surface area contributed by atoms with E-state index in [4.69, 9.17) is 14.2 Å². The predicted octanol–water partition coefficient (Wildman–Crippen LogP) is 20.5. The molecule has 11 nitrogen and oxygen atoms in total. The number of rotatable bonds is 67. The number of ether oxygens (including phenoxy) is 3. The predicted molar refractivity (Wildman–Crippen MR) is 380 cm³/mol. The molecular weight excluding hydrogens is 1120 g/mol. The van der Waals surface area contributed by atoms with E-state index in [0.717, 1.165) is 103 Å². The third-order valence-electron chi connectivity index (χ3n) is 18.2. The van der Waals surface area contributed by atoms with Crippen LogP contribution in [-0.2, 0) is 23.8 Å². The van der Waals surface area contributed by atoms with Crippen LogP contribution in [0.15, 0.2) is 60.8 Å². The largest absolute Gasteiger partial charge is 0.454 e. The van der Waals surface area contributed by atoms with Crippen molar-refractivity contribution < 1.29 is 49.3 Å². The Hall–Kier alpha value is -2.64. The molecule has 1 amide bonds. The number of amides is 1. The number of carbonyl (C=O) groups excluding carboxylic acids is 2. The van der Waals surface area contributed by atoms with Crippen LogP contribution in [0.25, 0.3) is 0 Å². The SMILES string of the molecule is CCCCC/C=C\C/C=C\C/C=C\C/C=C\CCCCCCCCCC(=O)OC1C(OCC(NC(=O)C(O)CCCCCCCCCCCCCCCCCCCCCCCCCCCC)C(O)/C=C/CCCCCCCCCCCC)OC(CO)C(O)C1O. The summed E-state index contributed by atoms with van der Waals surface area (Å²) in [4.78, 5) is 26.7. The summed E-state index contributed by atoms with van der Waals surface area (Å²) >= 11 is 0. The highest BCUT2D eigenvalue weighted by atomic mass is 16.7. The zero-order valence-electron chi connectivity index (χ0n) is 58.8. The van der Waals surface area contributed by atoms with Gasteiger partial charge in [0.15, 0.2) is 12.4 Å². The maximum absolute atomic E-state index is 13.5. The number of hydrogen-bond acceptors (Lipinski definition) is 10. The van der Waals surface area contributed by atoms with Gasteiger partial charge >= 0.3 is 5.97 Å². The van der Waals surface area contributed by atoms with Gasteiger partial charge in [-0.2, -0.15) is 0 Å². The molecule has 6 N–H and O–H groups in total. The Morgan fingerprint density at radius 2 is 0.767 bits per heavy atom. The Balaban J connectivity index is 2.52. The molecule has 1 rings (SSSR count). The van der Waals surface area contributed by atoms with Crippen LogP contribution in [-0.4, -0.2) is 99.6 Å². The molecule has 0 radical (unpaired) electrons. The van der Waals surface area contributed by atoms with Gasteiger partial charge in [-0.1, -0.05) is 351 Å². The molecule has 8 atom stereocenters. The summed E-state index contributed by atoms with van der Waals surface area (Å²) in [6.07, 6.45) is 75.6. The van der Waals surface area contributed by atoms with Crippen molar-refractivity contribution in [2.45, 2.75) is 416 Å². The first-order chi connectivity index (χ1) is 44.2. The molecule has 1 fully saturated rings. The second-order valence-corrected chi connectivity index (χ2v) is 26.7. The third-order valence-corrected chi connectivity index (χ3v) is 18.2. The average molecular weight is 1270 g/mol. The van der Waals surface area contributed by atoms with Crippen LogP contribution >= 0.6 is 0 Å². The van der Waals surface area contributed by atoms with Crippen molar-refractivity contribution in [2.24, 2.45) is 0 Å². The maximum Gasteiger partial charge on any atom is 0.306 e. The quantitative estimate of drug-likeness (QED) is 0.0195. The monoisotopic (exact) mass is 1270 g/mol. The van der Waals surface area contributed by atoms with Gasteiger partial charge < -0.3 is 45.1 Å². The summed E-state index contributed by atoms with van der Waals surface area (Å²) in [5.74, 6) is -1.19. The highest BCUT2D eigenvalue weighted by Crippen LogP contribution is 2.27. The summed E-state index contributed by atoms with van der Waals surface area (Å²) < 4.78 is 17.7. The molecule has 90 heavy (non-hydrogen) atoms. The molecular formula is C79H145NO10. The molecule has 8 unspecified atom stereocenters. The molecule has 1 aliphatic rings. The molecule has 0 aromatic heterocycles. The highest BCUT2D eigenvalue weighted by molar-refractivity contribution is 5.80. The fraction of sp³-hybridized carbons (Fsp3) is 0.848. The molecule has 0 saturated carbocycles. The lowest BCUT2D eigenvalue weighted by Gasteiger charge is -2.41. The maximum atomic E-state index is 13.5. The second kappa shape index (κ2) is 66.4. The summed E-state index contributed by atoms with van der Waals surface area (Å²) in [6.45, 7) is 5.81. The Bertz CT molecular complexity index is 1700. The van der Waals surface area contributed by atoms with Crippen LogP contribution in [0.5, 0.6) is 0 Å². The molecule has 1 heterocycles. The summed E-state index contributed by atoms with van der Waals surface area (Å²) in [5.41, 5.74) is 0. The van der Waals surface area contributed by atoms with Gasteiger partial charge in [-0.05, 0) is 70.6 Å². The lowest BCUT2D eigenvalue weighted by molar-refractivity contribution is -0.305. The molecule has 1 aliphatic heterocycles. The van der Waals surface area contributed by atoms with Crippen LogP contribution in [0.4, 0.5) is 0 Å². The highest BCUT2D eigenvalue weighted by Gasteiger charge is 2.47. The van der Waals surface area contributed by atoms with Crippen molar-refractivity contribution in [3.8, 4) is 0 Å². The zero-order chi connectivity index (χ0) is 65.3. The van der Waals surface area contributed by atoms with Crippen LogP contribution in [0, 0.1) is 0 Å². The normalized spacial score (nSPS) is 18.3. The lowest BCUT2D eigenvalue weighted by Crippen LogP contribution is -2.61. The van der Waals surface area contributed by atoms with Gasteiger partial charge in [-0.15, -0.1) is 0 Å². The van der Waals surface area contributed by atoms with Crippen LogP contribution in [0.3, 0.4) is 0 Å². The van der Waals surface area contributed by atoms with Crippen molar-refractivity contribution >= 4 is 11.9 Å². The fourth-order valence-electron chi connectivity index (χ4n) is 12.1. The van der Waals surface area contributed by atoms with E-state index in [1.54, 1.807) is 6.08 Å². The molecule has 11 heteroatoms. The molecule has 0 aromatic carbocycles. The van der Waals surface area contributed by atoms with E-state index in [-0.39, 0.29) is 13.0 Å². The van der Waals surface area contributed by atoms with Crippen molar-refractivity contribution in [3.05, 3.63) is 60.8 Å². The van der Waals surface area contributed by atoms with Gasteiger partial charge in [0, 0.05) is 6.42 Å². The van der Waals surface area contributed by atoms with E-state index in [2.05, 4.69) is 74.7 Å². The van der Waals surface area contributed by atoms with Gasteiger partial charge in [-0.3, -0.25) is 9.59 Å². The Morgan fingerprint density at radius 3 is 1.17 bits per heavy atom. The third kappa shape index (κ3) is 52.7. The molecule has 526 valence electrons. The Morgan fingerprint density at radius 1 is 0.433 bits per heavy atom. The zero-order valence-corrected chi connectivity index (χ0v) is 58.8. The number of unbranched alkanes of at least 4 members (excludes halogenated alkanes) is 45. The fourth-order valence-corrected chi connectivity index (χ4v) is 12.1. The summed E-state index contributed by atoms with van der Waals surface area (Å²) in [6, 6.07) is -1.03. The number of aliphatic hydroxyl groups excluding tert-OH is 5. The number of aliphatic hydroxyl groups is 5. The topological polar surface area (TPSA) is 175 Å². The minimum absolute atomic E-state index is 0.111. The van der Waals surface area contributed by atoms with E-state index < -0.39 is 67.4 Å². The van der Waals surface area contributed by atoms with Crippen molar-refractivity contribution in [1.82, 2.24) is 5.32 Å². The summed E-state index contributed by atoms with van der Waals surface area (Å²) in [7, 11) is 0. The van der Waals surface area contributed by atoms with E-state index in [1.165, 1.54) is 218 Å². The van der Waals surface area contributed by atoms with Crippen LogP contribution in [0.1, 0.15) is 367 Å². The van der Waals surface area contributed by atoms with E-state index in [1.807, 2.05) is 6.08 Å². The van der Waals surface area contributed by atoms with E-state index in [0.29, 0.717) is 19.3 Å². The summed E-state index contributed by atoms with van der Waals surface area (Å²) in [5, 5.41) is 57.4. The molecule has 0 bridgehead atoms. The first-order valence-electron chi connectivity index (χ1n) is 38.6. The van der Waals surface area contributed by atoms with E-state index >= 15 is 0 Å². The van der Waals surface area contributed by atoms with Gasteiger partial charge in [0.1, 0.15) is 24.4 Å². The number of esters is 1. The molecule has 1 saturated heterocycles. The van der Waals surface area contributed by atoms with Gasteiger partial charge in [0.25, 0.3) is 0 Å². The van der Waals surface area contributed by atoms with Gasteiger partial charge in [0.2, 0.25) is 5.91 Å². The second-order valence-electron chi connectivity index (χ2n) is 26.7. The van der Waals surface area contributed by atoms with Gasteiger partial charge in [-0.25, -0.2) is 0 Å². The molecule has 0 aliphatic carbocycles. The average Bonchev–Trinajstić information content (AvgIpc) is 3.11. The lowest BCUT2D eigenvalue weighted by atomic mass is 9.99. The number of hydrogen-bond donors (Lipinski definition) is 6.